The molecule has 3 N–H and O–H groups in total. The van der Waals surface area contributed by atoms with Gasteiger partial charge in [-0.25, -0.2) is 4.39 Å². The first kappa shape index (κ1) is 15.8. The van der Waals surface area contributed by atoms with Crippen LogP contribution in [0.1, 0.15) is 41.6 Å². The summed E-state index contributed by atoms with van der Waals surface area (Å²) in [4.78, 5) is 14.4. The number of likely N-dealkylation sites (N-methyl/N-ethyl adjacent to an activating group) is 1. The molecular weight excluding hydrogens is 269 g/mol. The van der Waals surface area contributed by atoms with Crippen LogP contribution in [0.3, 0.4) is 0 Å². The van der Waals surface area contributed by atoms with Crippen LogP contribution in [0.2, 0.25) is 0 Å². The van der Waals surface area contributed by atoms with Gasteiger partial charge in [0.15, 0.2) is 0 Å². The van der Waals surface area contributed by atoms with E-state index in [1.54, 1.807) is 6.92 Å². The predicted octanol–water partition coefficient (Wildman–Crippen LogP) is 2.32. The first-order valence-corrected chi connectivity index (χ1v) is 7.37. The molecule has 0 saturated heterocycles. The van der Waals surface area contributed by atoms with E-state index in [1.807, 2.05) is 14.1 Å². The van der Waals surface area contributed by atoms with Crippen LogP contribution in [0.4, 0.5) is 10.1 Å². The summed E-state index contributed by atoms with van der Waals surface area (Å²) in [6.07, 6.45) is 4.44. The van der Waals surface area contributed by atoms with Gasteiger partial charge in [-0.15, -0.1) is 0 Å². The van der Waals surface area contributed by atoms with Gasteiger partial charge in [0.25, 0.3) is 5.91 Å². The molecule has 0 atom stereocenters. The van der Waals surface area contributed by atoms with Crippen LogP contribution in [-0.2, 0) is 0 Å². The number of halogens is 1. The molecule has 0 unspecified atom stereocenters. The minimum atomic E-state index is -0.493. The third kappa shape index (κ3) is 3.18. The molecular formula is C16H24FN3O. The van der Waals surface area contributed by atoms with E-state index in [1.165, 1.54) is 25.0 Å². The molecule has 21 heavy (non-hydrogen) atoms. The zero-order valence-corrected chi connectivity index (χ0v) is 13.0. The SMILES string of the molecule is Cc1cc(N)cc(C(=O)NCC2(N(C)C)CCCC2)c1F. The van der Waals surface area contributed by atoms with Crippen molar-refractivity contribution < 1.29 is 9.18 Å². The lowest BCUT2D eigenvalue weighted by Gasteiger charge is -2.36. The fourth-order valence-corrected chi connectivity index (χ4v) is 3.12. The van der Waals surface area contributed by atoms with Crippen LogP contribution in [-0.4, -0.2) is 37.0 Å². The summed E-state index contributed by atoms with van der Waals surface area (Å²) >= 11 is 0. The summed E-state index contributed by atoms with van der Waals surface area (Å²) in [7, 11) is 4.06. The van der Waals surface area contributed by atoms with E-state index in [9.17, 15) is 9.18 Å². The molecule has 4 nitrogen and oxygen atoms in total. The quantitative estimate of drug-likeness (QED) is 0.838. The Hall–Kier alpha value is -1.62. The van der Waals surface area contributed by atoms with Gasteiger partial charge in [0.1, 0.15) is 5.82 Å². The molecule has 1 aliphatic rings. The Bertz CT molecular complexity index is 537. The van der Waals surface area contributed by atoms with Crippen LogP contribution >= 0.6 is 0 Å². The number of nitrogens with one attached hydrogen (secondary N) is 1. The average Bonchev–Trinajstić information content (AvgIpc) is 2.90. The number of rotatable bonds is 4. The number of nitrogens with two attached hydrogens (primary N) is 1. The highest BCUT2D eigenvalue weighted by Gasteiger charge is 2.36. The van der Waals surface area contributed by atoms with Gasteiger partial charge < -0.3 is 16.0 Å². The lowest BCUT2D eigenvalue weighted by molar-refractivity contribution is 0.0896. The predicted molar refractivity (Wildman–Crippen MR) is 82.8 cm³/mol. The molecule has 1 saturated carbocycles. The van der Waals surface area contributed by atoms with Crippen molar-refractivity contribution in [3.8, 4) is 0 Å². The summed E-state index contributed by atoms with van der Waals surface area (Å²) in [6, 6.07) is 2.93. The van der Waals surface area contributed by atoms with Crippen molar-refractivity contribution >= 4 is 11.6 Å². The van der Waals surface area contributed by atoms with Gasteiger partial charge in [0.2, 0.25) is 0 Å². The molecule has 0 heterocycles. The number of nitrogens with zero attached hydrogens (tertiary/aromatic N) is 1. The van der Waals surface area contributed by atoms with Crippen molar-refractivity contribution in [2.75, 3.05) is 26.4 Å². The maximum absolute atomic E-state index is 14.1. The van der Waals surface area contributed by atoms with Crippen molar-refractivity contribution in [1.82, 2.24) is 10.2 Å². The van der Waals surface area contributed by atoms with Gasteiger partial charge in [-0.1, -0.05) is 12.8 Å². The number of anilines is 1. The van der Waals surface area contributed by atoms with Gasteiger partial charge >= 0.3 is 0 Å². The molecule has 0 spiro atoms. The van der Waals surface area contributed by atoms with Gasteiger partial charge in [0.05, 0.1) is 5.56 Å². The van der Waals surface area contributed by atoms with Crippen LogP contribution in [0.15, 0.2) is 12.1 Å². The topological polar surface area (TPSA) is 58.4 Å². The van der Waals surface area contributed by atoms with Crippen molar-refractivity contribution in [2.24, 2.45) is 0 Å². The smallest absolute Gasteiger partial charge is 0.254 e. The summed E-state index contributed by atoms with van der Waals surface area (Å²) < 4.78 is 14.1. The summed E-state index contributed by atoms with van der Waals surface area (Å²) in [5.74, 6) is -0.886. The Labute approximate surface area is 125 Å². The first-order valence-electron chi connectivity index (χ1n) is 7.37. The van der Waals surface area contributed by atoms with E-state index in [4.69, 9.17) is 5.73 Å². The zero-order chi connectivity index (χ0) is 15.6. The van der Waals surface area contributed by atoms with Gasteiger partial charge in [-0.2, -0.15) is 0 Å². The van der Waals surface area contributed by atoms with Crippen LogP contribution in [0.25, 0.3) is 0 Å². The van der Waals surface area contributed by atoms with E-state index in [0.717, 1.165) is 12.8 Å². The maximum Gasteiger partial charge on any atom is 0.254 e. The third-order valence-electron chi connectivity index (χ3n) is 4.58. The largest absolute Gasteiger partial charge is 0.399 e. The molecule has 0 bridgehead atoms. The molecule has 0 radical (unpaired) electrons. The lowest BCUT2D eigenvalue weighted by Crippen LogP contribution is -2.50. The normalized spacial score (nSPS) is 17.2. The Morgan fingerprint density at radius 1 is 1.38 bits per heavy atom. The monoisotopic (exact) mass is 293 g/mol. The van der Waals surface area contributed by atoms with Crippen LogP contribution in [0, 0.1) is 12.7 Å². The molecule has 1 aliphatic carbocycles. The van der Waals surface area contributed by atoms with Crippen molar-refractivity contribution in [1.29, 1.82) is 0 Å². The van der Waals surface area contributed by atoms with Gasteiger partial charge in [0, 0.05) is 17.8 Å². The van der Waals surface area contributed by atoms with Crippen LogP contribution < -0.4 is 11.1 Å². The molecule has 1 aromatic rings. The summed E-state index contributed by atoms with van der Waals surface area (Å²) in [6.45, 7) is 2.15. The fourth-order valence-electron chi connectivity index (χ4n) is 3.12. The van der Waals surface area contributed by atoms with Gasteiger partial charge in [-0.3, -0.25) is 4.79 Å². The highest BCUT2D eigenvalue weighted by Crippen LogP contribution is 2.33. The summed E-state index contributed by atoms with van der Waals surface area (Å²) in [5, 5.41) is 2.88. The van der Waals surface area contributed by atoms with Crippen molar-refractivity contribution in [3.63, 3.8) is 0 Å². The number of carbonyl (C=O) groups is 1. The van der Waals surface area contributed by atoms with E-state index >= 15 is 0 Å². The molecule has 1 amide bonds. The average molecular weight is 293 g/mol. The van der Waals surface area contributed by atoms with Crippen molar-refractivity contribution in [3.05, 3.63) is 29.1 Å². The van der Waals surface area contributed by atoms with E-state index < -0.39 is 11.7 Å². The molecule has 116 valence electrons. The number of hydrogen-bond donors (Lipinski definition) is 2. The van der Waals surface area contributed by atoms with E-state index in [0.29, 0.717) is 17.8 Å². The van der Waals surface area contributed by atoms with Crippen LogP contribution in [0.5, 0.6) is 0 Å². The molecule has 5 heteroatoms. The molecule has 1 aromatic carbocycles. The Morgan fingerprint density at radius 2 is 2.00 bits per heavy atom. The number of carbonyl (C=O) groups excluding carboxylic acids is 1. The number of hydrogen-bond acceptors (Lipinski definition) is 3. The molecule has 0 aromatic heterocycles. The second kappa shape index (κ2) is 6.02. The lowest BCUT2D eigenvalue weighted by atomic mass is 9.95. The molecule has 2 rings (SSSR count). The Balaban J connectivity index is 2.12. The fraction of sp³-hybridized carbons (Fsp3) is 0.562. The highest BCUT2D eigenvalue weighted by molar-refractivity contribution is 5.95. The van der Waals surface area contributed by atoms with E-state index in [2.05, 4.69) is 10.2 Å². The number of nitrogen functional groups attached to an aromatic ring is 1. The van der Waals surface area contributed by atoms with E-state index in [-0.39, 0.29) is 11.1 Å². The number of aryl methyl sites for hydroxylation is 1. The summed E-state index contributed by atoms with van der Waals surface area (Å²) in [5.41, 5.74) is 6.52. The minimum absolute atomic E-state index is 0.0124. The Kier molecular flexibility index (Phi) is 4.52. The first-order chi connectivity index (χ1) is 9.85. The molecule has 1 fully saturated rings. The van der Waals surface area contributed by atoms with Crippen molar-refractivity contribution in [2.45, 2.75) is 38.1 Å². The maximum atomic E-state index is 14.1. The second-order valence-corrected chi connectivity index (χ2v) is 6.21. The standard InChI is InChI=1S/C16H24FN3O/c1-11-8-12(18)9-13(14(11)17)15(21)19-10-16(20(2)3)6-4-5-7-16/h8-9H,4-7,10,18H2,1-3H3,(H,19,21). The minimum Gasteiger partial charge on any atom is -0.399 e. The number of benzene rings is 1. The third-order valence-corrected chi connectivity index (χ3v) is 4.58. The second-order valence-electron chi connectivity index (χ2n) is 6.21. The zero-order valence-electron chi connectivity index (χ0n) is 13.0. The molecule has 0 aliphatic heterocycles. The Morgan fingerprint density at radius 3 is 2.57 bits per heavy atom. The number of amides is 1. The van der Waals surface area contributed by atoms with Gasteiger partial charge in [-0.05, 0) is 51.6 Å². The highest BCUT2D eigenvalue weighted by atomic mass is 19.1.